The summed E-state index contributed by atoms with van der Waals surface area (Å²) in [5, 5.41) is 9.59. The summed E-state index contributed by atoms with van der Waals surface area (Å²) in [4.78, 5) is 16.1. The Balaban J connectivity index is 1.65. The highest BCUT2D eigenvalue weighted by atomic mass is 19.2. The molecule has 3 rings (SSSR count). The lowest BCUT2D eigenvalue weighted by molar-refractivity contribution is 0.0605. The number of methoxy groups -OCH3 is 1. The van der Waals surface area contributed by atoms with Gasteiger partial charge in [-0.15, -0.1) is 0 Å². The van der Waals surface area contributed by atoms with Gasteiger partial charge in [0.25, 0.3) is 5.91 Å². The van der Waals surface area contributed by atoms with Crippen LogP contribution in [0.2, 0.25) is 0 Å². The van der Waals surface area contributed by atoms with Gasteiger partial charge in [0.05, 0.1) is 13.2 Å². The Kier molecular flexibility index (Phi) is 5.67. The summed E-state index contributed by atoms with van der Waals surface area (Å²) in [6.07, 6.45) is 0. The van der Waals surface area contributed by atoms with E-state index in [-0.39, 0.29) is 11.5 Å². The van der Waals surface area contributed by atoms with Crippen LogP contribution in [-0.2, 0) is 0 Å². The summed E-state index contributed by atoms with van der Waals surface area (Å²) < 4.78 is 31.5. The maximum atomic E-state index is 13.4. The van der Waals surface area contributed by atoms with Gasteiger partial charge >= 0.3 is 0 Å². The van der Waals surface area contributed by atoms with Crippen molar-refractivity contribution in [3.8, 4) is 11.8 Å². The minimum absolute atomic E-state index is 0.120. The Morgan fingerprint density at radius 2 is 1.74 bits per heavy atom. The lowest BCUT2D eigenvalue weighted by Crippen LogP contribution is -2.49. The van der Waals surface area contributed by atoms with E-state index in [4.69, 9.17) is 4.74 Å². The molecule has 1 unspecified atom stereocenters. The number of piperazine rings is 1. The molecule has 1 saturated heterocycles. The summed E-state index contributed by atoms with van der Waals surface area (Å²) in [5.41, 5.74) is 0.980. The van der Waals surface area contributed by atoms with Gasteiger partial charge in [-0.05, 0) is 35.9 Å². The van der Waals surface area contributed by atoms with Gasteiger partial charge in [-0.2, -0.15) is 5.26 Å². The molecule has 2 aromatic rings. The topological polar surface area (TPSA) is 56.6 Å². The molecule has 1 atom stereocenters. The van der Waals surface area contributed by atoms with Gasteiger partial charge in [-0.25, -0.2) is 8.78 Å². The lowest BCUT2D eigenvalue weighted by Gasteiger charge is -2.37. The maximum Gasteiger partial charge on any atom is 0.254 e. The molecule has 0 bridgehead atoms. The van der Waals surface area contributed by atoms with E-state index < -0.39 is 17.7 Å². The van der Waals surface area contributed by atoms with Crippen molar-refractivity contribution in [3.63, 3.8) is 0 Å². The Bertz CT molecular complexity index is 857. The highest BCUT2D eigenvalue weighted by molar-refractivity contribution is 5.94. The number of halogens is 2. The Labute approximate surface area is 156 Å². The van der Waals surface area contributed by atoms with Crippen LogP contribution in [0.4, 0.5) is 8.78 Å². The van der Waals surface area contributed by atoms with E-state index in [0.717, 1.165) is 23.4 Å². The molecule has 0 aromatic heterocycles. The van der Waals surface area contributed by atoms with Crippen molar-refractivity contribution < 1.29 is 18.3 Å². The standard InChI is InChI=1S/C20H19F2N3O2/c1-27-16-5-2-14(3-6-16)19(13-23)24-8-10-25(11-9-24)20(26)15-4-7-17(21)18(22)12-15/h2-7,12,19H,8-11H2,1H3. The number of carbonyl (C=O) groups excluding carboxylic acids is 1. The second kappa shape index (κ2) is 8.14. The predicted molar refractivity (Wildman–Crippen MR) is 95.2 cm³/mol. The summed E-state index contributed by atoms with van der Waals surface area (Å²) >= 11 is 0. The van der Waals surface area contributed by atoms with E-state index >= 15 is 0 Å². The normalized spacial score (nSPS) is 15.9. The fourth-order valence-electron chi connectivity index (χ4n) is 3.15. The zero-order chi connectivity index (χ0) is 19.4. The highest BCUT2D eigenvalue weighted by Gasteiger charge is 2.27. The van der Waals surface area contributed by atoms with Crippen LogP contribution in [0.5, 0.6) is 5.75 Å². The largest absolute Gasteiger partial charge is 0.497 e. The van der Waals surface area contributed by atoms with E-state index in [1.807, 2.05) is 29.2 Å². The molecule has 7 heteroatoms. The summed E-state index contributed by atoms with van der Waals surface area (Å²) in [6.45, 7) is 1.84. The molecule has 5 nitrogen and oxygen atoms in total. The van der Waals surface area contributed by atoms with Crippen LogP contribution in [0.3, 0.4) is 0 Å². The number of amides is 1. The first-order valence-electron chi connectivity index (χ1n) is 8.55. The van der Waals surface area contributed by atoms with E-state index in [1.165, 1.54) is 6.07 Å². The number of carbonyl (C=O) groups is 1. The number of nitrogens with zero attached hydrogens (tertiary/aromatic N) is 3. The van der Waals surface area contributed by atoms with Crippen molar-refractivity contribution >= 4 is 5.91 Å². The Morgan fingerprint density at radius 1 is 1.07 bits per heavy atom. The van der Waals surface area contributed by atoms with Gasteiger partial charge in [0.2, 0.25) is 0 Å². The number of hydrogen-bond donors (Lipinski definition) is 0. The van der Waals surface area contributed by atoms with Crippen LogP contribution in [0.25, 0.3) is 0 Å². The molecular formula is C20H19F2N3O2. The molecule has 140 valence electrons. The molecule has 0 saturated carbocycles. The van der Waals surface area contributed by atoms with Gasteiger partial charge < -0.3 is 9.64 Å². The van der Waals surface area contributed by atoms with Crippen molar-refractivity contribution in [2.45, 2.75) is 6.04 Å². The Morgan fingerprint density at radius 3 is 2.30 bits per heavy atom. The van der Waals surface area contributed by atoms with Crippen LogP contribution in [0.1, 0.15) is 22.0 Å². The molecule has 1 aliphatic heterocycles. The van der Waals surface area contributed by atoms with Crippen molar-refractivity contribution in [3.05, 3.63) is 65.2 Å². The van der Waals surface area contributed by atoms with Gasteiger partial charge in [-0.1, -0.05) is 12.1 Å². The second-order valence-corrected chi connectivity index (χ2v) is 6.26. The van der Waals surface area contributed by atoms with Gasteiger partial charge in [0.1, 0.15) is 11.8 Å². The molecule has 1 amide bonds. The lowest BCUT2D eigenvalue weighted by atomic mass is 10.1. The molecule has 0 aliphatic carbocycles. The number of benzene rings is 2. The minimum atomic E-state index is -1.04. The van der Waals surface area contributed by atoms with Gasteiger partial charge in [-0.3, -0.25) is 9.69 Å². The number of nitriles is 1. The SMILES string of the molecule is COc1ccc(C(C#N)N2CCN(C(=O)c3ccc(F)c(F)c3)CC2)cc1. The number of hydrogen-bond acceptors (Lipinski definition) is 4. The van der Waals surface area contributed by atoms with Crippen LogP contribution < -0.4 is 4.74 Å². The van der Waals surface area contributed by atoms with Crippen molar-refractivity contribution in [2.75, 3.05) is 33.3 Å². The monoisotopic (exact) mass is 371 g/mol. The third-order valence-electron chi connectivity index (χ3n) is 4.69. The fourth-order valence-corrected chi connectivity index (χ4v) is 3.15. The van der Waals surface area contributed by atoms with Gasteiger partial charge in [0, 0.05) is 31.7 Å². The number of rotatable bonds is 4. The van der Waals surface area contributed by atoms with Crippen LogP contribution in [0.15, 0.2) is 42.5 Å². The average molecular weight is 371 g/mol. The predicted octanol–water partition coefficient (Wildman–Crippen LogP) is 3.00. The summed E-state index contributed by atoms with van der Waals surface area (Å²) in [5.74, 6) is -1.64. The summed E-state index contributed by atoms with van der Waals surface area (Å²) in [7, 11) is 1.58. The van der Waals surface area contributed by atoms with Crippen molar-refractivity contribution in [1.82, 2.24) is 9.80 Å². The van der Waals surface area contributed by atoms with E-state index in [2.05, 4.69) is 6.07 Å². The first-order chi connectivity index (χ1) is 13.0. The molecule has 1 aliphatic rings. The van der Waals surface area contributed by atoms with Crippen molar-refractivity contribution in [2.24, 2.45) is 0 Å². The first kappa shape index (κ1) is 18.8. The zero-order valence-electron chi connectivity index (χ0n) is 14.9. The zero-order valence-corrected chi connectivity index (χ0v) is 14.9. The molecule has 0 radical (unpaired) electrons. The molecule has 1 fully saturated rings. The molecule has 0 N–H and O–H groups in total. The molecular weight excluding hydrogens is 352 g/mol. The first-order valence-corrected chi connectivity index (χ1v) is 8.55. The second-order valence-electron chi connectivity index (χ2n) is 6.26. The van der Waals surface area contributed by atoms with Crippen LogP contribution in [-0.4, -0.2) is 49.0 Å². The smallest absolute Gasteiger partial charge is 0.254 e. The molecule has 2 aromatic carbocycles. The van der Waals surface area contributed by atoms with Crippen LogP contribution in [0, 0.1) is 23.0 Å². The van der Waals surface area contributed by atoms with E-state index in [9.17, 15) is 18.8 Å². The third kappa shape index (κ3) is 4.07. The van der Waals surface area contributed by atoms with Gasteiger partial charge in [0.15, 0.2) is 11.6 Å². The fraction of sp³-hybridized carbons (Fsp3) is 0.300. The van der Waals surface area contributed by atoms with E-state index in [0.29, 0.717) is 26.2 Å². The van der Waals surface area contributed by atoms with E-state index in [1.54, 1.807) is 12.0 Å². The summed E-state index contributed by atoms with van der Waals surface area (Å²) in [6, 6.07) is 12.4. The van der Waals surface area contributed by atoms with Crippen LogP contribution >= 0.6 is 0 Å². The average Bonchev–Trinajstić information content (AvgIpc) is 2.71. The quantitative estimate of drug-likeness (QED) is 0.829. The highest BCUT2D eigenvalue weighted by Crippen LogP contribution is 2.24. The third-order valence-corrected chi connectivity index (χ3v) is 4.69. The molecule has 1 heterocycles. The molecule has 0 spiro atoms. The Hall–Kier alpha value is -2.98. The molecule has 27 heavy (non-hydrogen) atoms. The number of ether oxygens (including phenoxy) is 1. The maximum absolute atomic E-state index is 13.4. The minimum Gasteiger partial charge on any atom is -0.497 e. The van der Waals surface area contributed by atoms with Crippen molar-refractivity contribution in [1.29, 1.82) is 5.26 Å².